The minimum absolute atomic E-state index is 0.0257. The minimum atomic E-state index is -3.53. The molecule has 92 valence electrons. The molecule has 17 heavy (non-hydrogen) atoms. The van der Waals surface area contributed by atoms with E-state index in [0.717, 1.165) is 0 Å². The average molecular weight is 255 g/mol. The van der Waals surface area contributed by atoms with Crippen LogP contribution in [0.25, 0.3) is 0 Å². The molecule has 1 aliphatic heterocycles. The summed E-state index contributed by atoms with van der Waals surface area (Å²) >= 11 is 0. The fourth-order valence-corrected chi connectivity index (χ4v) is 3.18. The van der Waals surface area contributed by atoms with E-state index >= 15 is 0 Å². The van der Waals surface area contributed by atoms with Gasteiger partial charge in [-0.05, 0) is 24.3 Å². The zero-order chi connectivity index (χ0) is 12.5. The van der Waals surface area contributed by atoms with Crippen LogP contribution in [0.4, 0.5) is 0 Å². The lowest BCUT2D eigenvalue weighted by Gasteiger charge is -2.25. The van der Waals surface area contributed by atoms with Gasteiger partial charge in [0.05, 0.1) is 4.90 Å². The third-order valence-corrected chi connectivity index (χ3v) is 4.67. The van der Waals surface area contributed by atoms with E-state index in [2.05, 4.69) is 0 Å². The van der Waals surface area contributed by atoms with Crippen LogP contribution in [0.3, 0.4) is 0 Å². The molecule has 0 radical (unpaired) electrons. The van der Waals surface area contributed by atoms with Gasteiger partial charge in [-0.3, -0.25) is 4.79 Å². The van der Waals surface area contributed by atoms with Gasteiger partial charge in [0.2, 0.25) is 10.0 Å². The first-order chi connectivity index (χ1) is 8.00. The Morgan fingerprint density at radius 2 is 1.59 bits per heavy atom. The largest absolute Gasteiger partial charge is 0.508 e. The summed E-state index contributed by atoms with van der Waals surface area (Å²) in [4.78, 5) is 11.2. The maximum atomic E-state index is 12.1. The molecule has 0 unspecified atom stereocenters. The van der Waals surface area contributed by atoms with E-state index < -0.39 is 10.0 Å². The topological polar surface area (TPSA) is 74.7 Å². The highest BCUT2D eigenvalue weighted by Gasteiger charge is 2.28. The molecule has 0 amide bonds. The third-order valence-electron chi connectivity index (χ3n) is 2.75. The molecule has 1 aliphatic rings. The highest BCUT2D eigenvalue weighted by molar-refractivity contribution is 7.89. The third kappa shape index (κ3) is 2.48. The Morgan fingerprint density at radius 1 is 1.06 bits per heavy atom. The van der Waals surface area contributed by atoms with Crippen LogP contribution in [0.1, 0.15) is 12.8 Å². The molecule has 6 heteroatoms. The standard InChI is InChI=1S/C11H13NO4S/c13-9-1-3-11(4-2-9)17(15,16)12-7-5-10(14)6-8-12/h1-4,13H,5-8H2. The summed E-state index contributed by atoms with van der Waals surface area (Å²) in [6, 6.07) is 5.39. The molecule has 0 atom stereocenters. The van der Waals surface area contributed by atoms with Crippen molar-refractivity contribution in [1.82, 2.24) is 4.31 Å². The number of piperidine rings is 1. The number of carbonyl (C=O) groups is 1. The quantitative estimate of drug-likeness (QED) is 0.846. The van der Waals surface area contributed by atoms with Crippen molar-refractivity contribution in [2.24, 2.45) is 0 Å². The van der Waals surface area contributed by atoms with E-state index in [4.69, 9.17) is 5.11 Å². The SMILES string of the molecule is O=C1CCN(S(=O)(=O)c2ccc(O)cc2)CC1. The number of hydrogen-bond donors (Lipinski definition) is 1. The van der Waals surface area contributed by atoms with Crippen molar-refractivity contribution >= 4 is 15.8 Å². The number of phenols is 1. The Kier molecular flexibility index (Phi) is 3.17. The lowest BCUT2D eigenvalue weighted by Crippen LogP contribution is -2.38. The van der Waals surface area contributed by atoms with Crippen LogP contribution in [0, 0.1) is 0 Å². The van der Waals surface area contributed by atoms with E-state index in [0.29, 0.717) is 0 Å². The van der Waals surface area contributed by atoms with Gasteiger partial charge in [0.25, 0.3) is 0 Å². The summed E-state index contributed by atoms with van der Waals surface area (Å²) in [5.74, 6) is 0.125. The number of Topliss-reactive ketones (excluding diaryl/α,β-unsaturated/α-hetero) is 1. The first-order valence-corrected chi connectivity index (χ1v) is 6.75. The average Bonchev–Trinajstić information content (AvgIpc) is 2.30. The zero-order valence-corrected chi connectivity index (χ0v) is 9.98. The summed E-state index contributed by atoms with van der Waals surface area (Å²) in [6.07, 6.45) is 0.550. The number of nitrogens with zero attached hydrogens (tertiary/aromatic N) is 1. The van der Waals surface area contributed by atoms with Crippen molar-refractivity contribution in [3.8, 4) is 5.75 Å². The summed E-state index contributed by atoms with van der Waals surface area (Å²) in [5, 5.41) is 9.11. The molecule has 0 spiro atoms. The highest BCUT2D eigenvalue weighted by atomic mass is 32.2. The van der Waals surface area contributed by atoms with Crippen LogP contribution in [0.2, 0.25) is 0 Å². The summed E-state index contributed by atoms with van der Waals surface area (Å²) in [6.45, 7) is 0.476. The van der Waals surface area contributed by atoms with Gasteiger partial charge >= 0.3 is 0 Å². The van der Waals surface area contributed by atoms with Gasteiger partial charge < -0.3 is 5.11 Å². The van der Waals surface area contributed by atoms with Crippen molar-refractivity contribution in [3.05, 3.63) is 24.3 Å². The lowest BCUT2D eigenvalue weighted by atomic mass is 10.1. The smallest absolute Gasteiger partial charge is 0.243 e. The van der Waals surface area contributed by atoms with Crippen LogP contribution >= 0.6 is 0 Å². The van der Waals surface area contributed by atoms with Crippen LogP contribution < -0.4 is 0 Å². The minimum Gasteiger partial charge on any atom is -0.508 e. The normalized spacial score (nSPS) is 18.2. The van der Waals surface area contributed by atoms with Crippen LogP contribution in [-0.2, 0) is 14.8 Å². The Bertz CT molecular complexity index is 511. The molecule has 0 aromatic heterocycles. The van der Waals surface area contributed by atoms with Crippen molar-refractivity contribution < 1.29 is 18.3 Å². The van der Waals surface area contributed by atoms with Crippen molar-refractivity contribution in [2.75, 3.05) is 13.1 Å². The molecule has 5 nitrogen and oxygen atoms in total. The highest BCUT2D eigenvalue weighted by Crippen LogP contribution is 2.21. The van der Waals surface area contributed by atoms with Gasteiger partial charge in [0.15, 0.2) is 0 Å². The maximum Gasteiger partial charge on any atom is 0.243 e. The monoisotopic (exact) mass is 255 g/mol. The molecule has 1 aromatic carbocycles. The van der Waals surface area contributed by atoms with Gasteiger partial charge in [-0.2, -0.15) is 4.31 Å². The van der Waals surface area contributed by atoms with Gasteiger partial charge in [-0.1, -0.05) is 0 Å². The molecule has 0 saturated carbocycles. The Hall–Kier alpha value is -1.40. The summed E-state index contributed by atoms with van der Waals surface area (Å²) in [5.41, 5.74) is 0. The molecule has 0 bridgehead atoms. The van der Waals surface area contributed by atoms with E-state index in [1.165, 1.54) is 28.6 Å². The van der Waals surface area contributed by atoms with E-state index in [1.807, 2.05) is 0 Å². The second kappa shape index (κ2) is 4.46. The van der Waals surface area contributed by atoms with Crippen LogP contribution in [0.5, 0.6) is 5.75 Å². The number of ketones is 1. The molecular weight excluding hydrogens is 242 g/mol. The second-order valence-electron chi connectivity index (χ2n) is 3.94. The van der Waals surface area contributed by atoms with E-state index in [9.17, 15) is 13.2 Å². The van der Waals surface area contributed by atoms with Crippen LogP contribution in [0.15, 0.2) is 29.2 Å². The number of aromatic hydroxyl groups is 1. The molecule has 1 fully saturated rings. The van der Waals surface area contributed by atoms with Gasteiger partial charge in [0.1, 0.15) is 11.5 Å². The number of benzene rings is 1. The molecule has 1 N–H and O–H groups in total. The Labute approximate surface area is 99.7 Å². The number of sulfonamides is 1. The van der Waals surface area contributed by atoms with Crippen molar-refractivity contribution in [3.63, 3.8) is 0 Å². The lowest BCUT2D eigenvalue weighted by molar-refractivity contribution is -0.120. The molecule has 1 aromatic rings. The van der Waals surface area contributed by atoms with Gasteiger partial charge in [-0.25, -0.2) is 8.42 Å². The van der Waals surface area contributed by atoms with Gasteiger partial charge in [-0.15, -0.1) is 0 Å². The van der Waals surface area contributed by atoms with Crippen LogP contribution in [-0.4, -0.2) is 36.7 Å². The molecule has 1 heterocycles. The molecule has 0 aliphatic carbocycles. The zero-order valence-electron chi connectivity index (χ0n) is 9.17. The van der Waals surface area contributed by atoms with Gasteiger partial charge in [0, 0.05) is 25.9 Å². The number of phenolic OH excluding ortho intramolecular Hbond substituents is 1. The first kappa shape index (κ1) is 12.1. The molecule has 1 saturated heterocycles. The molecule has 2 rings (SSSR count). The predicted octanol–water partition coefficient (Wildman–Crippen LogP) is 0.746. The number of hydrogen-bond acceptors (Lipinski definition) is 4. The summed E-state index contributed by atoms with van der Waals surface area (Å²) < 4.78 is 25.6. The number of carbonyl (C=O) groups excluding carboxylic acids is 1. The van der Waals surface area contributed by atoms with Crippen molar-refractivity contribution in [2.45, 2.75) is 17.7 Å². The Balaban J connectivity index is 2.24. The van der Waals surface area contributed by atoms with Crippen molar-refractivity contribution in [1.29, 1.82) is 0 Å². The van der Waals surface area contributed by atoms with E-state index in [1.54, 1.807) is 0 Å². The Morgan fingerprint density at radius 3 is 2.12 bits per heavy atom. The fourth-order valence-electron chi connectivity index (χ4n) is 1.74. The second-order valence-corrected chi connectivity index (χ2v) is 5.87. The first-order valence-electron chi connectivity index (χ1n) is 5.31. The predicted molar refractivity (Wildman–Crippen MR) is 61.1 cm³/mol. The fraction of sp³-hybridized carbons (Fsp3) is 0.364. The van der Waals surface area contributed by atoms with E-state index in [-0.39, 0.29) is 42.4 Å². The maximum absolute atomic E-state index is 12.1. The molecular formula is C11H13NO4S. The number of rotatable bonds is 2. The summed E-state index contributed by atoms with van der Waals surface area (Å²) in [7, 11) is -3.53.